The number of halogens is 4. The van der Waals surface area contributed by atoms with Crippen LogP contribution < -0.4 is 16.1 Å². The molecule has 0 spiro atoms. The van der Waals surface area contributed by atoms with Gasteiger partial charge in [-0.3, -0.25) is 19.8 Å². The zero-order chi connectivity index (χ0) is 24.4. The Kier molecular flexibility index (Phi) is 7.13. The van der Waals surface area contributed by atoms with Crippen molar-refractivity contribution >= 4 is 90.7 Å². The minimum Gasteiger partial charge on any atom is -0.319 e. The predicted octanol–water partition coefficient (Wildman–Crippen LogP) is 6.33. The van der Waals surface area contributed by atoms with E-state index in [1.807, 2.05) is 0 Å². The van der Waals surface area contributed by atoms with E-state index in [0.717, 1.165) is 4.47 Å². The van der Waals surface area contributed by atoms with E-state index < -0.39 is 17.7 Å². The fraction of sp³-hybridized carbons (Fsp3) is 0. The van der Waals surface area contributed by atoms with Gasteiger partial charge in [-0.15, -0.1) is 0 Å². The van der Waals surface area contributed by atoms with Gasteiger partial charge in [0.05, 0.1) is 16.2 Å². The molecule has 0 saturated carbocycles. The molecule has 0 aliphatic carbocycles. The van der Waals surface area contributed by atoms with Crippen molar-refractivity contribution in [3.63, 3.8) is 0 Å². The summed E-state index contributed by atoms with van der Waals surface area (Å²) >= 11 is 21.4. The highest BCUT2D eigenvalue weighted by atomic mass is 79.9. The van der Waals surface area contributed by atoms with Gasteiger partial charge in [-0.2, -0.15) is 0 Å². The molecule has 34 heavy (non-hydrogen) atoms. The van der Waals surface area contributed by atoms with Gasteiger partial charge in [0.2, 0.25) is 0 Å². The van der Waals surface area contributed by atoms with Crippen molar-refractivity contribution in [1.82, 2.24) is 4.68 Å². The smallest absolute Gasteiger partial charge is 0.319 e. The van der Waals surface area contributed by atoms with E-state index in [-0.39, 0.29) is 10.7 Å². The first-order valence-electron chi connectivity index (χ1n) is 9.66. The molecule has 1 heterocycles. The van der Waals surface area contributed by atoms with Crippen molar-refractivity contribution in [2.45, 2.75) is 0 Å². The first-order chi connectivity index (χ1) is 16.2. The lowest BCUT2D eigenvalue weighted by atomic mass is 10.2. The number of nitrogens with zero attached hydrogens (tertiary/aromatic N) is 1. The van der Waals surface area contributed by atoms with Gasteiger partial charge in [-0.25, -0.2) is 4.68 Å². The van der Waals surface area contributed by atoms with E-state index in [9.17, 15) is 14.4 Å². The molecular formula is C23H14BrCl3N4O3. The summed E-state index contributed by atoms with van der Waals surface area (Å²) in [5.41, 5.74) is 3.74. The fourth-order valence-corrected chi connectivity index (χ4v) is 4.18. The van der Waals surface area contributed by atoms with Crippen LogP contribution in [0.2, 0.25) is 15.1 Å². The van der Waals surface area contributed by atoms with Crippen molar-refractivity contribution in [1.29, 1.82) is 0 Å². The highest BCUT2D eigenvalue weighted by Crippen LogP contribution is 2.27. The molecular weight excluding hydrogens is 567 g/mol. The number of benzene rings is 3. The average Bonchev–Trinajstić information content (AvgIpc) is 3.13. The van der Waals surface area contributed by atoms with Crippen LogP contribution in [0.25, 0.3) is 10.9 Å². The van der Waals surface area contributed by atoms with Crippen molar-refractivity contribution in [3.05, 3.63) is 92.0 Å². The van der Waals surface area contributed by atoms with Gasteiger partial charge in [0.1, 0.15) is 5.69 Å². The Bertz CT molecular complexity index is 1450. The SMILES string of the molecule is O=C(Nc1cccc(Cl)c1)C(=O)Nn1c(C(=O)Nc2ccc(Cl)cc2Cl)cc2cc(Br)ccc21. The predicted molar refractivity (Wildman–Crippen MR) is 139 cm³/mol. The third-order valence-electron chi connectivity index (χ3n) is 4.68. The first-order valence-corrected chi connectivity index (χ1v) is 11.6. The van der Waals surface area contributed by atoms with Crippen LogP contribution in [-0.2, 0) is 9.59 Å². The molecule has 7 nitrogen and oxygen atoms in total. The number of anilines is 2. The monoisotopic (exact) mass is 578 g/mol. The number of hydrogen-bond acceptors (Lipinski definition) is 3. The lowest BCUT2D eigenvalue weighted by Gasteiger charge is -2.13. The molecule has 0 aliphatic rings. The van der Waals surface area contributed by atoms with Gasteiger partial charge in [-0.05, 0) is 60.7 Å². The first kappa shape index (κ1) is 24.1. The number of hydrogen-bond donors (Lipinski definition) is 3. The maximum absolute atomic E-state index is 13.1. The highest BCUT2D eigenvalue weighted by Gasteiger charge is 2.22. The molecule has 0 fully saturated rings. The van der Waals surface area contributed by atoms with Gasteiger partial charge in [0, 0.05) is 25.6 Å². The third kappa shape index (κ3) is 5.37. The van der Waals surface area contributed by atoms with Crippen LogP contribution in [0.15, 0.2) is 71.2 Å². The molecule has 0 aliphatic heterocycles. The Hall–Kier alpha value is -3.04. The molecule has 4 rings (SSSR count). The maximum Gasteiger partial charge on any atom is 0.328 e. The standard InChI is InChI=1S/C23H14BrCl3N4O3/c24-13-4-7-19-12(8-13)9-20(21(32)29-18-6-5-15(26)11-17(18)27)31(19)30-23(34)22(33)28-16-3-1-2-14(25)10-16/h1-11H,(H,28,33)(H,29,32)(H,30,34). The maximum atomic E-state index is 13.1. The number of amides is 3. The topological polar surface area (TPSA) is 92.2 Å². The van der Waals surface area contributed by atoms with Crippen LogP contribution >= 0.6 is 50.7 Å². The second-order valence-electron chi connectivity index (χ2n) is 7.05. The van der Waals surface area contributed by atoms with Crippen LogP contribution in [0.3, 0.4) is 0 Å². The van der Waals surface area contributed by atoms with Crippen LogP contribution in [0.4, 0.5) is 11.4 Å². The molecule has 11 heteroatoms. The second kappa shape index (κ2) is 10.1. The molecule has 3 aromatic carbocycles. The molecule has 0 bridgehead atoms. The molecule has 1 aromatic heterocycles. The average molecular weight is 581 g/mol. The lowest BCUT2D eigenvalue weighted by Crippen LogP contribution is -2.36. The Morgan fingerprint density at radius 1 is 0.794 bits per heavy atom. The minimum atomic E-state index is -0.987. The van der Waals surface area contributed by atoms with Crippen molar-refractivity contribution in [2.75, 3.05) is 16.1 Å². The third-order valence-corrected chi connectivity index (χ3v) is 5.95. The molecule has 0 unspecified atom stereocenters. The number of fused-ring (bicyclic) bond motifs is 1. The van der Waals surface area contributed by atoms with Crippen LogP contribution in [0.1, 0.15) is 10.5 Å². The summed E-state index contributed by atoms with van der Waals surface area (Å²) in [4.78, 5) is 38.3. The lowest BCUT2D eigenvalue weighted by molar-refractivity contribution is -0.133. The molecule has 3 amide bonds. The molecule has 0 atom stereocenters. The summed E-state index contributed by atoms with van der Waals surface area (Å²) in [7, 11) is 0. The molecule has 172 valence electrons. The van der Waals surface area contributed by atoms with E-state index in [4.69, 9.17) is 34.8 Å². The minimum absolute atomic E-state index is 0.0722. The van der Waals surface area contributed by atoms with Gasteiger partial charge >= 0.3 is 11.8 Å². The summed E-state index contributed by atoms with van der Waals surface area (Å²) in [6, 6.07) is 17.8. The Balaban J connectivity index is 1.64. The summed E-state index contributed by atoms with van der Waals surface area (Å²) in [6.07, 6.45) is 0. The summed E-state index contributed by atoms with van der Waals surface area (Å²) in [5, 5.41) is 6.87. The molecule has 0 saturated heterocycles. The number of carbonyl (C=O) groups excluding carboxylic acids is 3. The largest absolute Gasteiger partial charge is 0.328 e. The molecule has 4 aromatic rings. The Morgan fingerprint density at radius 3 is 2.29 bits per heavy atom. The summed E-state index contributed by atoms with van der Waals surface area (Å²) in [5.74, 6) is -2.49. The molecule has 3 N–H and O–H groups in total. The van der Waals surface area contributed by atoms with Crippen molar-refractivity contribution in [2.24, 2.45) is 0 Å². The quantitative estimate of drug-likeness (QED) is 0.247. The summed E-state index contributed by atoms with van der Waals surface area (Å²) < 4.78 is 2.01. The normalized spacial score (nSPS) is 10.7. The molecule has 0 radical (unpaired) electrons. The fourth-order valence-electron chi connectivity index (χ4n) is 3.16. The number of aromatic nitrogens is 1. The second-order valence-corrected chi connectivity index (χ2v) is 9.25. The number of carbonyl (C=O) groups is 3. The number of rotatable bonds is 4. The zero-order valence-corrected chi connectivity index (χ0v) is 20.9. The van der Waals surface area contributed by atoms with Gasteiger partial charge in [0.15, 0.2) is 0 Å². The summed E-state index contributed by atoms with van der Waals surface area (Å²) in [6.45, 7) is 0. The van der Waals surface area contributed by atoms with E-state index in [1.165, 1.54) is 16.8 Å². The van der Waals surface area contributed by atoms with Crippen LogP contribution in [-0.4, -0.2) is 22.4 Å². The van der Waals surface area contributed by atoms with Crippen LogP contribution in [0, 0.1) is 0 Å². The van der Waals surface area contributed by atoms with Crippen molar-refractivity contribution in [3.8, 4) is 0 Å². The number of nitrogens with one attached hydrogen (secondary N) is 3. The van der Waals surface area contributed by atoms with Crippen LogP contribution in [0.5, 0.6) is 0 Å². The van der Waals surface area contributed by atoms with Gasteiger partial charge < -0.3 is 10.6 Å². The van der Waals surface area contributed by atoms with E-state index >= 15 is 0 Å². The Labute approximate surface area is 217 Å². The van der Waals surface area contributed by atoms with Crippen molar-refractivity contribution < 1.29 is 14.4 Å². The highest BCUT2D eigenvalue weighted by molar-refractivity contribution is 9.10. The van der Waals surface area contributed by atoms with E-state index in [1.54, 1.807) is 54.6 Å². The van der Waals surface area contributed by atoms with Gasteiger partial charge in [-0.1, -0.05) is 56.8 Å². The Morgan fingerprint density at radius 2 is 1.56 bits per heavy atom. The van der Waals surface area contributed by atoms with Gasteiger partial charge in [0.25, 0.3) is 5.91 Å². The van der Waals surface area contributed by atoms with E-state index in [2.05, 4.69) is 32.0 Å². The zero-order valence-electron chi connectivity index (χ0n) is 17.0. The van der Waals surface area contributed by atoms with E-state index in [0.29, 0.717) is 32.3 Å².